The highest BCUT2D eigenvalue weighted by Gasteiger charge is 2.14. The summed E-state index contributed by atoms with van der Waals surface area (Å²) in [5, 5.41) is 10.1. The van der Waals surface area contributed by atoms with Gasteiger partial charge in [-0.25, -0.2) is 4.98 Å². The van der Waals surface area contributed by atoms with Crippen molar-refractivity contribution in [1.29, 1.82) is 0 Å². The van der Waals surface area contributed by atoms with Crippen LogP contribution in [0.5, 0.6) is 0 Å². The molecule has 1 aliphatic rings. The molecule has 3 aromatic rings. The second-order valence-electron chi connectivity index (χ2n) is 7.27. The number of aromatic nitrogens is 4. The third kappa shape index (κ3) is 4.54. The number of hydrogen-bond donors (Lipinski definition) is 2. The monoisotopic (exact) mass is 408 g/mol. The predicted molar refractivity (Wildman–Crippen MR) is 117 cm³/mol. The van der Waals surface area contributed by atoms with Gasteiger partial charge in [0.2, 0.25) is 5.91 Å². The van der Waals surface area contributed by atoms with Crippen LogP contribution in [0.2, 0.25) is 0 Å². The Morgan fingerprint density at radius 3 is 2.79 bits per heavy atom. The van der Waals surface area contributed by atoms with Crippen LogP contribution < -0.4 is 10.2 Å². The molecule has 8 heteroatoms. The zero-order valence-electron chi connectivity index (χ0n) is 16.4. The van der Waals surface area contributed by atoms with Gasteiger partial charge in [-0.1, -0.05) is 23.8 Å². The fourth-order valence-electron chi connectivity index (χ4n) is 3.56. The van der Waals surface area contributed by atoms with Crippen LogP contribution in [0.25, 0.3) is 11.4 Å². The number of nitrogens with zero attached hydrogens (tertiary/aromatic N) is 4. The van der Waals surface area contributed by atoms with Gasteiger partial charge in [0.15, 0.2) is 10.6 Å². The lowest BCUT2D eigenvalue weighted by atomic mass is 10.1. The summed E-state index contributed by atoms with van der Waals surface area (Å²) in [6.07, 6.45) is 4.43. The van der Waals surface area contributed by atoms with Crippen LogP contribution in [0.4, 0.5) is 11.5 Å². The zero-order chi connectivity index (χ0) is 20.2. The summed E-state index contributed by atoms with van der Waals surface area (Å²) in [6, 6.07) is 11.9. The Bertz CT molecular complexity index is 1050. The SMILES string of the molecule is Cc1cccc(-c2n[nH]c(=S)n2CCC(=O)Nc2ccc(N3CCCC3)nc2)c1. The first-order valence-electron chi connectivity index (χ1n) is 9.83. The lowest BCUT2D eigenvalue weighted by molar-refractivity contribution is -0.116. The number of benzene rings is 1. The highest BCUT2D eigenvalue weighted by molar-refractivity contribution is 7.71. The minimum absolute atomic E-state index is 0.0842. The van der Waals surface area contributed by atoms with Crippen molar-refractivity contribution in [1.82, 2.24) is 19.7 Å². The molecule has 0 spiro atoms. The Morgan fingerprint density at radius 1 is 1.24 bits per heavy atom. The number of pyridine rings is 1. The van der Waals surface area contributed by atoms with Crippen LogP contribution in [-0.2, 0) is 11.3 Å². The maximum absolute atomic E-state index is 12.4. The molecule has 7 nitrogen and oxygen atoms in total. The van der Waals surface area contributed by atoms with Crippen LogP contribution in [0.15, 0.2) is 42.6 Å². The molecule has 1 aromatic carbocycles. The van der Waals surface area contributed by atoms with Gasteiger partial charge in [-0.05, 0) is 50.2 Å². The summed E-state index contributed by atoms with van der Waals surface area (Å²) in [6.45, 7) is 4.58. The Labute approximate surface area is 174 Å². The van der Waals surface area contributed by atoms with Gasteiger partial charge in [0.1, 0.15) is 5.82 Å². The third-order valence-corrected chi connectivity index (χ3v) is 5.37. The number of hydrogen-bond acceptors (Lipinski definition) is 5. The molecule has 0 radical (unpaired) electrons. The molecule has 3 heterocycles. The van der Waals surface area contributed by atoms with Crippen molar-refractivity contribution in [3.63, 3.8) is 0 Å². The summed E-state index contributed by atoms with van der Waals surface area (Å²) in [4.78, 5) is 19.2. The lowest BCUT2D eigenvalue weighted by Gasteiger charge is -2.16. The molecule has 2 aromatic heterocycles. The number of anilines is 2. The molecule has 0 bridgehead atoms. The van der Waals surface area contributed by atoms with Crippen molar-refractivity contribution >= 4 is 29.6 Å². The molecule has 29 heavy (non-hydrogen) atoms. The van der Waals surface area contributed by atoms with Crippen LogP contribution in [0.3, 0.4) is 0 Å². The summed E-state index contributed by atoms with van der Waals surface area (Å²) in [5.41, 5.74) is 2.82. The average molecular weight is 409 g/mol. The van der Waals surface area contributed by atoms with Crippen molar-refractivity contribution in [3.8, 4) is 11.4 Å². The summed E-state index contributed by atoms with van der Waals surface area (Å²) in [5.74, 6) is 1.62. The smallest absolute Gasteiger partial charge is 0.226 e. The van der Waals surface area contributed by atoms with Crippen molar-refractivity contribution in [2.24, 2.45) is 0 Å². The van der Waals surface area contributed by atoms with E-state index in [1.165, 1.54) is 12.8 Å². The lowest BCUT2D eigenvalue weighted by Crippen LogP contribution is -2.19. The normalized spacial score (nSPS) is 13.6. The molecular formula is C21H24N6OS. The Kier molecular flexibility index (Phi) is 5.71. The Hall–Kier alpha value is -3.00. The average Bonchev–Trinajstić information content (AvgIpc) is 3.37. The molecule has 0 aliphatic carbocycles. The van der Waals surface area contributed by atoms with E-state index in [2.05, 4.69) is 31.5 Å². The maximum Gasteiger partial charge on any atom is 0.226 e. The van der Waals surface area contributed by atoms with E-state index in [0.29, 0.717) is 23.4 Å². The molecule has 2 N–H and O–H groups in total. The fourth-order valence-corrected chi connectivity index (χ4v) is 3.78. The largest absolute Gasteiger partial charge is 0.357 e. The number of carbonyl (C=O) groups excluding carboxylic acids is 1. The quantitative estimate of drug-likeness (QED) is 0.604. The second kappa shape index (κ2) is 8.57. The molecule has 150 valence electrons. The number of nitrogens with one attached hydrogen (secondary N) is 2. The van der Waals surface area contributed by atoms with Gasteiger partial charge in [-0.15, -0.1) is 0 Å². The second-order valence-corrected chi connectivity index (χ2v) is 7.66. The molecule has 1 amide bonds. The standard InChI is InChI=1S/C21H24N6OS/c1-15-5-4-6-16(13-15)20-24-25-21(29)27(20)12-9-19(28)23-17-7-8-18(22-14-17)26-10-2-3-11-26/h4-8,13-14H,2-3,9-12H2,1H3,(H,23,28)(H,25,29). The Balaban J connectivity index is 1.39. The number of carbonyl (C=O) groups is 1. The highest BCUT2D eigenvalue weighted by Crippen LogP contribution is 2.20. The van der Waals surface area contributed by atoms with E-state index in [9.17, 15) is 4.79 Å². The van der Waals surface area contributed by atoms with E-state index in [0.717, 1.165) is 35.9 Å². The van der Waals surface area contributed by atoms with Gasteiger partial charge in [0.05, 0.1) is 11.9 Å². The number of aromatic amines is 1. The molecule has 1 saturated heterocycles. The van der Waals surface area contributed by atoms with Crippen molar-refractivity contribution in [2.75, 3.05) is 23.3 Å². The molecule has 0 saturated carbocycles. The predicted octanol–water partition coefficient (Wildman–Crippen LogP) is 3.94. The Morgan fingerprint density at radius 2 is 2.07 bits per heavy atom. The van der Waals surface area contributed by atoms with E-state index in [-0.39, 0.29) is 5.91 Å². The van der Waals surface area contributed by atoms with Gasteiger partial charge in [-0.3, -0.25) is 14.5 Å². The van der Waals surface area contributed by atoms with Gasteiger partial charge in [-0.2, -0.15) is 5.10 Å². The highest BCUT2D eigenvalue weighted by atomic mass is 32.1. The molecule has 4 rings (SSSR count). The topological polar surface area (TPSA) is 78.8 Å². The minimum Gasteiger partial charge on any atom is -0.357 e. The third-order valence-electron chi connectivity index (χ3n) is 5.06. The van der Waals surface area contributed by atoms with E-state index in [4.69, 9.17) is 12.2 Å². The van der Waals surface area contributed by atoms with Gasteiger partial charge in [0.25, 0.3) is 0 Å². The van der Waals surface area contributed by atoms with Crippen LogP contribution >= 0.6 is 12.2 Å². The van der Waals surface area contributed by atoms with Crippen LogP contribution in [-0.4, -0.2) is 38.7 Å². The first-order valence-corrected chi connectivity index (χ1v) is 10.2. The molecule has 0 atom stereocenters. The van der Waals surface area contributed by atoms with E-state index in [1.54, 1.807) is 6.20 Å². The molecule has 0 unspecified atom stereocenters. The maximum atomic E-state index is 12.4. The summed E-state index contributed by atoms with van der Waals surface area (Å²) < 4.78 is 2.37. The number of amides is 1. The number of aryl methyl sites for hydroxylation is 1. The van der Waals surface area contributed by atoms with E-state index in [1.807, 2.05) is 41.8 Å². The van der Waals surface area contributed by atoms with Crippen molar-refractivity contribution < 1.29 is 4.79 Å². The van der Waals surface area contributed by atoms with Gasteiger partial charge in [0, 0.05) is 31.6 Å². The summed E-state index contributed by atoms with van der Waals surface area (Å²) >= 11 is 5.35. The molecular weight excluding hydrogens is 384 g/mol. The van der Waals surface area contributed by atoms with Gasteiger partial charge < -0.3 is 10.2 Å². The summed E-state index contributed by atoms with van der Waals surface area (Å²) in [7, 11) is 0. The zero-order valence-corrected chi connectivity index (χ0v) is 17.2. The number of rotatable bonds is 6. The van der Waals surface area contributed by atoms with Crippen LogP contribution in [0, 0.1) is 11.7 Å². The first-order chi connectivity index (χ1) is 14.1. The fraction of sp³-hybridized carbons (Fsp3) is 0.333. The van der Waals surface area contributed by atoms with E-state index >= 15 is 0 Å². The molecule has 1 fully saturated rings. The van der Waals surface area contributed by atoms with E-state index < -0.39 is 0 Å². The number of H-pyrrole nitrogens is 1. The molecule has 1 aliphatic heterocycles. The van der Waals surface area contributed by atoms with Crippen molar-refractivity contribution in [2.45, 2.75) is 32.7 Å². The first kappa shape index (κ1) is 19.3. The van der Waals surface area contributed by atoms with Crippen molar-refractivity contribution in [3.05, 3.63) is 52.9 Å². The van der Waals surface area contributed by atoms with Crippen LogP contribution in [0.1, 0.15) is 24.8 Å². The minimum atomic E-state index is -0.0842. The van der Waals surface area contributed by atoms with Gasteiger partial charge >= 0.3 is 0 Å².